The maximum atomic E-state index is 12.4. The van der Waals surface area contributed by atoms with Crippen molar-refractivity contribution in [2.45, 2.75) is 19.1 Å². The number of rotatable bonds is 3. The maximum Gasteiger partial charge on any atom is 0.416 e. The van der Waals surface area contributed by atoms with E-state index in [1.807, 2.05) is 0 Å². The second-order valence-electron chi connectivity index (χ2n) is 3.69. The molecule has 0 aliphatic rings. The Morgan fingerprint density at radius 3 is 2.65 bits per heavy atom. The minimum absolute atomic E-state index is 0.0277. The van der Waals surface area contributed by atoms with Crippen molar-refractivity contribution in [2.24, 2.45) is 5.73 Å². The molecule has 3 N–H and O–H groups in total. The highest BCUT2D eigenvalue weighted by atomic mass is 19.4. The van der Waals surface area contributed by atoms with E-state index in [9.17, 15) is 18.0 Å². The lowest BCUT2D eigenvalue weighted by atomic mass is 10.1. The lowest BCUT2D eigenvalue weighted by Crippen LogP contribution is -2.37. The van der Waals surface area contributed by atoms with E-state index < -0.39 is 17.6 Å². The zero-order chi connectivity index (χ0) is 13.1. The molecule has 0 radical (unpaired) electrons. The van der Waals surface area contributed by atoms with Gasteiger partial charge in [-0.3, -0.25) is 4.79 Å². The number of nitrogens with one attached hydrogen (secondary N) is 1. The van der Waals surface area contributed by atoms with E-state index in [1.165, 1.54) is 12.1 Å². The van der Waals surface area contributed by atoms with Crippen molar-refractivity contribution >= 4 is 5.91 Å². The third-order valence-electron chi connectivity index (χ3n) is 2.18. The van der Waals surface area contributed by atoms with Gasteiger partial charge in [-0.2, -0.15) is 13.2 Å². The summed E-state index contributed by atoms with van der Waals surface area (Å²) in [4.78, 5) is 11.6. The number of benzene rings is 1. The second kappa shape index (κ2) is 5.18. The van der Waals surface area contributed by atoms with E-state index in [0.717, 1.165) is 12.1 Å². The lowest BCUT2D eigenvalue weighted by Gasteiger charge is -2.12. The number of nitrogens with two attached hydrogens (primary N) is 1. The summed E-state index contributed by atoms with van der Waals surface area (Å²) in [6.07, 6.45) is -4.45. The Kier molecular flexibility index (Phi) is 4.11. The molecule has 1 aromatic carbocycles. The van der Waals surface area contributed by atoms with Crippen molar-refractivity contribution in [3.05, 3.63) is 35.4 Å². The molecular weight excluding hydrogens is 233 g/mol. The largest absolute Gasteiger partial charge is 0.416 e. The van der Waals surface area contributed by atoms with Crippen LogP contribution in [0.15, 0.2) is 24.3 Å². The molecule has 1 atom stereocenters. The van der Waals surface area contributed by atoms with Crippen molar-refractivity contribution in [1.82, 2.24) is 5.32 Å². The number of carbonyl (C=O) groups excluding carboxylic acids is 1. The first-order valence-corrected chi connectivity index (χ1v) is 5.02. The molecule has 1 aromatic rings. The summed E-state index contributed by atoms with van der Waals surface area (Å²) < 4.78 is 37.2. The third-order valence-corrected chi connectivity index (χ3v) is 2.18. The van der Waals surface area contributed by atoms with Crippen molar-refractivity contribution in [3.8, 4) is 0 Å². The van der Waals surface area contributed by atoms with Crippen LogP contribution in [0.3, 0.4) is 0 Å². The SMILES string of the molecule is CC(CN)NC(=O)c1cccc(C(F)(F)F)c1. The summed E-state index contributed by atoms with van der Waals surface area (Å²) in [6, 6.07) is 3.98. The Bertz CT molecular complexity index is 404. The van der Waals surface area contributed by atoms with Gasteiger partial charge < -0.3 is 11.1 Å². The van der Waals surface area contributed by atoms with Gasteiger partial charge in [-0.1, -0.05) is 6.07 Å². The first kappa shape index (κ1) is 13.5. The molecule has 0 heterocycles. The number of hydrogen-bond acceptors (Lipinski definition) is 2. The quantitative estimate of drug-likeness (QED) is 0.854. The van der Waals surface area contributed by atoms with E-state index in [4.69, 9.17) is 5.73 Å². The fraction of sp³-hybridized carbons (Fsp3) is 0.364. The minimum Gasteiger partial charge on any atom is -0.348 e. The Balaban J connectivity index is 2.89. The van der Waals surface area contributed by atoms with Crippen LogP contribution < -0.4 is 11.1 Å². The van der Waals surface area contributed by atoms with Crippen molar-refractivity contribution in [1.29, 1.82) is 0 Å². The molecule has 0 aliphatic heterocycles. The molecule has 0 aliphatic carbocycles. The van der Waals surface area contributed by atoms with Gasteiger partial charge in [0.05, 0.1) is 5.56 Å². The Morgan fingerprint density at radius 2 is 2.12 bits per heavy atom. The number of halogens is 3. The predicted molar refractivity (Wildman–Crippen MR) is 57.4 cm³/mol. The molecule has 3 nitrogen and oxygen atoms in total. The van der Waals surface area contributed by atoms with Crippen molar-refractivity contribution < 1.29 is 18.0 Å². The van der Waals surface area contributed by atoms with Gasteiger partial charge >= 0.3 is 6.18 Å². The summed E-state index contributed by atoms with van der Waals surface area (Å²) in [5.74, 6) is -0.561. The Labute approximate surface area is 96.8 Å². The van der Waals surface area contributed by atoms with Crippen molar-refractivity contribution in [3.63, 3.8) is 0 Å². The Morgan fingerprint density at radius 1 is 1.47 bits per heavy atom. The molecule has 0 aromatic heterocycles. The van der Waals surface area contributed by atoms with Gasteiger partial charge in [0.15, 0.2) is 0 Å². The molecule has 1 rings (SSSR count). The third kappa shape index (κ3) is 3.74. The summed E-state index contributed by atoms with van der Waals surface area (Å²) in [5, 5.41) is 2.49. The van der Waals surface area contributed by atoms with Crippen LogP contribution in [0.1, 0.15) is 22.8 Å². The summed E-state index contributed by atoms with van der Waals surface area (Å²) >= 11 is 0. The average Bonchev–Trinajstić information content (AvgIpc) is 2.28. The molecule has 0 bridgehead atoms. The molecule has 17 heavy (non-hydrogen) atoms. The standard InChI is InChI=1S/C11H13F3N2O/c1-7(6-15)16-10(17)8-3-2-4-9(5-8)11(12,13)14/h2-5,7H,6,15H2,1H3,(H,16,17). The van der Waals surface area contributed by atoms with E-state index in [0.29, 0.717) is 0 Å². The number of amides is 1. The lowest BCUT2D eigenvalue weighted by molar-refractivity contribution is -0.137. The highest BCUT2D eigenvalue weighted by molar-refractivity contribution is 5.94. The molecule has 0 saturated heterocycles. The van der Waals surface area contributed by atoms with Crippen LogP contribution in [0.4, 0.5) is 13.2 Å². The first-order valence-electron chi connectivity index (χ1n) is 5.02. The van der Waals surface area contributed by atoms with Gasteiger partial charge in [-0.25, -0.2) is 0 Å². The highest BCUT2D eigenvalue weighted by Crippen LogP contribution is 2.29. The molecule has 0 fully saturated rings. The maximum absolute atomic E-state index is 12.4. The van der Waals surface area contributed by atoms with Crippen LogP contribution in [0.2, 0.25) is 0 Å². The van der Waals surface area contributed by atoms with Gasteiger partial charge in [-0.15, -0.1) is 0 Å². The van der Waals surface area contributed by atoms with Gasteiger partial charge in [0.2, 0.25) is 0 Å². The van der Waals surface area contributed by atoms with Gasteiger partial charge in [0.1, 0.15) is 0 Å². The van der Waals surface area contributed by atoms with Crippen LogP contribution in [-0.2, 0) is 6.18 Å². The molecule has 94 valence electrons. The van der Waals surface area contributed by atoms with Crippen LogP contribution in [-0.4, -0.2) is 18.5 Å². The van der Waals surface area contributed by atoms with Crippen LogP contribution in [0, 0.1) is 0 Å². The van der Waals surface area contributed by atoms with Gasteiger partial charge in [0, 0.05) is 18.2 Å². The minimum atomic E-state index is -4.45. The molecule has 0 saturated carbocycles. The van der Waals surface area contributed by atoms with E-state index in [2.05, 4.69) is 5.32 Å². The molecule has 0 spiro atoms. The molecular formula is C11H13F3N2O. The Hall–Kier alpha value is -1.56. The molecule has 6 heteroatoms. The smallest absolute Gasteiger partial charge is 0.348 e. The normalized spacial score (nSPS) is 13.2. The van der Waals surface area contributed by atoms with Crippen molar-refractivity contribution in [2.75, 3.05) is 6.54 Å². The topological polar surface area (TPSA) is 55.1 Å². The number of carbonyl (C=O) groups is 1. The predicted octanol–water partition coefficient (Wildman–Crippen LogP) is 1.78. The van der Waals surface area contributed by atoms with Crippen LogP contribution in [0.5, 0.6) is 0 Å². The zero-order valence-corrected chi connectivity index (χ0v) is 9.21. The highest BCUT2D eigenvalue weighted by Gasteiger charge is 2.30. The van der Waals surface area contributed by atoms with Gasteiger partial charge in [-0.05, 0) is 25.1 Å². The second-order valence-corrected chi connectivity index (χ2v) is 3.69. The fourth-order valence-corrected chi connectivity index (χ4v) is 1.20. The molecule has 1 amide bonds. The monoisotopic (exact) mass is 246 g/mol. The number of hydrogen-bond donors (Lipinski definition) is 2. The van der Waals surface area contributed by atoms with E-state index in [-0.39, 0.29) is 18.2 Å². The van der Waals surface area contributed by atoms with E-state index >= 15 is 0 Å². The number of alkyl halides is 3. The van der Waals surface area contributed by atoms with E-state index in [1.54, 1.807) is 6.92 Å². The summed E-state index contributed by atoms with van der Waals surface area (Å²) in [6.45, 7) is 1.90. The molecule has 1 unspecified atom stereocenters. The fourth-order valence-electron chi connectivity index (χ4n) is 1.20. The van der Waals surface area contributed by atoms with Crippen LogP contribution in [0.25, 0.3) is 0 Å². The summed E-state index contributed by atoms with van der Waals surface area (Å²) in [7, 11) is 0. The average molecular weight is 246 g/mol. The summed E-state index contributed by atoms with van der Waals surface area (Å²) in [5.41, 5.74) is 4.43. The van der Waals surface area contributed by atoms with Crippen LogP contribution >= 0.6 is 0 Å². The van der Waals surface area contributed by atoms with Gasteiger partial charge in [0.25, 0.3) is 5.91 Å². The first-order chi connectivity index (χ1) is 7.84. The zero-order valence-electron chi connectivity index (χ0n) is 9.21.